The van der Waals surface area contributed by atoms with Crippen LogP contribution in [0.15, 0.2) is 30.8 Å². The predicted octanol–water partition coefficient (Wildman–Crippen LogP) is 3.15. The van der Waals surface area contributed by atoms with Gasteiger partial charge in [-0.1, -0.05) is 36.9 Å². The van der Waals surface area contributed by atoms with Gasteiger partial charge in [0.1, 0.15) is 0 Å². The molecule has 99 valence electrons. The van der Waals surface area contributed by atoms with E-state index >= 15 is 0 Å². The number of nitrogens with zero attached hydrogens (tertiary/aromatic N) is 1. The lowest BCUT2D eigenvalue weighted by Crippen LogP contribution is -2.43. The van der Waals surface area contributed by atoms with Crippen LogP contribution in [0, 0.1) is 6.92 Å². The molecule has 0 amide bonds. The number of quaternary nitrogens is 1. The molecule has 2 heteroatoms. The van der Waals surface area contributed by atoms with Crippen molar-refractivity contribution in [1.82, 2.24) is 0 Å². The van der Waals surface area contributed by atoms with Crippen LogP contribution in [-0.2, 0) is 11.3 Å². The molecule has 1 radical (unpaired) electrons. The largest absolute Gasteiger partial charge is 0.377 e. The van der Waals surface area contributed by atoms with E-state index in [1.54, 1.807) is 0 Å². The van der Waals surface area contributed by atoms with Gasteiger partial charge in [-0.15, -0.1) is 0 Å². The summed E-state index contributed by atoms with van der Waals surface area (Å²) in [4.78, 5) is 0. The number of rotatable bonds is 7. The fourth-order valence-electron chi connectivity index (χ4n) is 1.55. The molecule has 0 spiro atoms. The monoisotopic (exact) mass is 247 g/mol. The van der Waals surface area contributed by atoms with E-state index in [2.05, 4.69) is 58.9 Å². The molecule has 1 aromatic carbocycles. The quantitative estimate of drug-likeness (QED) is 0.531. The Kier molecular flexibility index (Phi) is 5.57. The zero-order valence-electron chi connectivity index (χ0n) is 11.9. The van der Waals surface area contributed by atoms with Gasteiger partial charge in [-0.3, -0.25) is 0 Å². The molecule has 1 aromatic rings. The van der Waals surface area contributed by atoms with E-state index in [1.165, 1.54) is 5.56 Å². The van der Waals surface area contributed by atoms with Crippen LogP contribution in [0.25, 0.3) is 6.08 Å². The van der Waals surface area contributed by atoms with E-state index in [1.807, 2.05) is 6.08 Å². The molecule has 0 fully saturated rings. The van der Waals surface area contributed by atoms with Gasteiger partial charge in [-0.25, -0.2) is 0 Å². The summed E-state index contributed by atoms with van der Waals surface area (Å²) in [5.74, 6) is 0. The molecule has 18 heavy (non-hydrogen) atoms. The molecular weight excluding hydrogens is 222 g/mol. The van der Waals surface area contributed by atoms with Gasteiger partial charge >= 0.3 is 0 Å². The van der Waals surface area contributed by atoms with Gasteiger partial charge in [0.25, 0.3) is 0 Å². The lowest BCUT2D eigenvalue weighted by atomic mass is 10.1. The average molecular weight is 247 g/mol. The first-order chi connectivity index (χ1) is 8.43. The van der Waals surface area contributed by atoms with Crippen LogP contribution in [0.1, 0.15) is 17.5 Å². The van der Waals surface area contributed by atoms with Gasteiger partial charge in [0.2, 0.25) is 0 Å². The molecule has 0 saturated carbocycles. The minimum Gasteiger partial charge on any atom is -0.377 e. The summed E-state index contributed by atoms with van der Waals surface area (Å²) in [6, 6.07) is 8.65. The third kappa shape index (κ3) is 5.03. The zero-order chi connectivity index (χ0) is 13.6. The van der Waals surface area contributed by atoms with Crippen LogP contribution < -0.4 is 0 Å². The van der Waals surface area contributed by atoms with E-state index in [0.29, 0.717) is 12.6 Å². The van der Waals surface area contributed by atoms with Gasteiger partial charge in [0, 0.05) is 13.3 Å². The molecular formula is C16H25NO+. The van der Waals surface area contributed by atoms with Gasteiger partial charge in [0.05, 0.1) is 40.4 Å². The van der Waals surface area contributed by atoms with Crippen LogP contribution in [0.4, 0.5) is 0 Å². The fraction of sp³-hybridized carbons (Fsp3) is 0.438. The zero-order valence-corrected chi connectivity index (χ0v) is 11.9. The molecule has 0 aliphatic heterocycles. The first-order valence-electron chi connectivity index (χ1n) is 6.37. The highest BCUT2D eigenvalue weighted by atomic mass is 16.5. The van der Waals surface area contributed by atoms with E-state index in [0.717, 1.165) is 23.1 Å². The van der Waals surface area contributed by atoms with E-state index in [-0.39, 0.29) is 0 Å². The Labute approximate surface area is 111 Å². The Hall–Kier alpha value is -1.12. The second-order valence-corrected chi connectivity index (χ2v) is 5.56. The molecule has 1 rings (SSSR count). The number of hydrogen-bond donors (Lipinski definition) is 0. The van der Waals surface area contributed by atoms with E-state index in [9.17, 15) is 0 Å². The van der Waals surface area contributed by atoms with Crippen molar-refractivity contribution < 1.29 is 9.22 Å². The van der Waals surface area contributed by atoms with Gasteiger partial charge in [0.15, 0.2) is 0 Å². The molecule has 0 heterocycles. The Morgan fingerprint density at radius 3 is 2.33 bits per heavy atom. The lowest BCUT2D eigenvalue weighted by molar-refractivity contribution is -0.890. The molecule has 0 saturated heterocycles. The number of benzene rings is 1. The normalized spacial score (nSPS) is 13.3. The molecule has 1 unspecified atom stereocenters. The van der Waals surface area contributed by atoms with Crippen molar-refractivity contribution in [2.24, 2.45) is 0 Å². The number of hydrogen-bond acceptors (Lipinski definition) is 1. The number of ether oxygens (including phenoxy) is 1. The Balaban J connectivity index is 2.27. The second kappa shape index (κ2) is 6.72. The SMILES string of the molecule is [CH2]C(CCOCc1ccc(C=C)cc1)[N+](C)(C)C. The van der Waals surface area contributed by atoms with Crippen LogP contribution in [0.5, 0.6) is 0 Å². The lowest BCUT2D eigenvalue weighted by Gasteiger charge is -2.31. The molecule has 0 aliphatic rings. The summed E-state index contributed by atoms with van der Waals surface area (Å²) in [6.07, 6.45) is 2.83. The van der Waals surface area contributed by atoms with Crippen LogP contribution in [0.2, 0.25) is 0 Å². The molecule has 2 nitrogen and oxygen atoms in total. The molecule has 0 aromatic heterocycles. The van der Waals surface area contributed by atoms with Crippen molar-refractivity contribution in [3.63, 3.8) is 0 Å². The Bertz CT molecular complexity index is 362. The van der Waals surface area contributed by atoms with Crippen molar-refractivity contribution >= 4 is 6.08 Å². The van der Waals surface area contributed by atoms with Gasteiger partial charge in [-0.05, 0) is 11.1 Å². The summed E-state index contributed by atoms with van der Waals surface area (Å²) in [7, 11) is 6.48. The first-order valence-corrected chi connectivity index (χ1v) is 6.37. The van der Waals surface area contributed by atoms with Gasteiger partial charge in [-0.2, -0.15) is 0 Å². The molecule has 1 atom stereocenters. The smallest absolute Gasteiger partial charge is 0.0908 e. The highest BCUT2D eigenvalue weighted by Crippen LogP contribution is 2.09. The summed E-state index contributed by atoms with van der Waals surface area (Å²) < 4.78 is 6.56. The van der Waals surface area contributed by atoms with Crippen molar-refractivity contribution in [2.45, 2.75) is 19.1 Å². The average Bonchev–Trinajstić information content (AvgIpc) is 2.34. The molecule has 0 N–H and O–H groups in total. The third-order valence-corrected chi connectivity index (χ3v) is 3.18. The third-order valence-electron chi connectivity index (χ3n) is 3.18. The predicted molar refractivity (Wildman–Crippen MR) is 78.0 cm³/mol. The van der Waals surface area contributed by atoms with Crippen molar-refractivity contribution in [2.75, 3.05) is 27.7 Å². The summed E-state index contributed by atoms with van der Waals surface area (Å²) >= 11 is 0. The maximum atomic E-state index is 5.68. The van der Waals surface area contributed by atoms with Crippen LogP contribution >= 0.6 is 0 Å². The standard InChI is InChI=1S/C16H25NO/c1-6-15-7-9-16(10-8-15)13-18-12-11-14(2)17(3,4)5/h6-10,14H,1-2,11-13H2,3-5H3/q+1. The highest BCUT2D eigenvalue weighted by molar-refractivity contribution is 5.47. The van der Waals surface area contributed by atoms with E-state index < -0.39 is 0 Å². The van der Waals surface area contributed by atoms with Crippen LogP contribution in [-0.4, -0.2) is 38.3 Å². The summed E-state index contributed by atoms with van der Waals surface area (Å²) in [5, 5.41) is 0. The first kappa shape index (κ1) is 14.9. The maximum absolute atomic E-state index is 5.68. The maximum Gasteiger partial charge on any atom is 0.0908 e. The van der Waals surface area contributed by atoms with Crippen molar-refractivity contribution in [3.8, 4) is 0 Å². The molecule has 0 aliphatic carbocycles. The summed E-state index contributed by atoms with van der Waals surface area (Å²) in [5.41, 5.74) is 2.34. The topological polar surface area (TPSA) is 9.23 Å². The van der Waals surface area contributed by atoms with E-state index in [4.69, 9.17) is 4.74 Å². The highest BCUT2D eigenvalue weighted by Gasteiger charge is 2.17. The molecule has 0 bridgehead atoms. The summed E-state index contributed by atoms with van der Waals surface area (Å²) in [6.45, 7) is 9.32. The van der Waals surface area contributed by atoms with Crippen molar-refractivity contribution in [1.29, 1.82) is 0 Å². The second-order valence-electron chi connectivity index (χ2n) is 5.56. The minimum atomic E-state index is 0.369. The Morgan fingerprint density at radius 2 is 1.83 bits per heavy atom. The minimum absolute atomic E-state index is 0.369. The fourth-order valence-corrected chi connectivity index (χ4v) is 1.55. The Morgan fingerprint density at radius 1 is 1.22 bits per heavy atom. The van der Waals surface area contributed by atoms with Crippen molar-refractivity contribution in [3.05, 3.63) is 48.9 Å². The van der Waals surface area contributed by atoms with Crippen LogP contribution in [0.3, 0.4) is 0 Å². The van der Waals surface area contributed by atoms with Gasteiger partial charge < -0.3 is 9.22 Å².